The van der Waals surface area contributed by atoms with E-state index in [1.165, 1.54) is 62.5 Å². The van der Waals surface area contributed by atoms with Gasteiger partial charge in [-0.1, -0.05) is 7.66 Å². The quantitative estimate of drug-likeness (QED) is 0.454. The van der Waals surface area contributed by atoms with Crippen molar-refractivity contribution in [3.63, 3.8) is 0 Å². The van der Waals surface area contributed by atoms with Crippen molar-refractivity contribution in [2.24, 2.45) is 4.99 Å². The van der Waals surface area contributed by atoms with Crippen LogP contribution in [0.15, 0.2) is 34.2 Å². The Labute approximate surface area is 174 Å². The Kier molecular flexibility index (Phi) is 4.68. The number of morpholine rings is 1. The molecule has 0 N–H and O–H groups in total. The highest BCUT2D eigenvalue weighted by Crippen LogP contribution is 2.48. The summed E-state index contributed by atoms with van der Waals surface area (Å²) in [4.78, 5) is 11.4. The second-order valence-corrected chi connectivity index (χ2v) is 11.6. The summed E-state index contributed by atoms with van der Waals surface area (Å²) < 4.78 is 6.92. The number of rotatable bonds is 2. The van der Waals surface area contributed by atoms with Crippen LogP contribution in [0.5, 0.6) is 0 Å². The second kappa shape index (κ2) is 7.04. The summed E-state index contributed by atoms with van der Waals surface area (Å²) in [6.45, 7) is 10.4. The molecule has 4 nitrogen and oxygen atoms in total. The van der Waals surface area contributed by atoms with E-state index in [0.29, 0.717) is 0 Å². The van der Waals surface area contributed by atoms with Crippen LogP contribution < -0.4 is 15.2 Å². The Bertz CT molecular complexity index is 1040. The van der Waals surface area contributed by atoms with Gasteiger partial charge in [0.25, 0.3) is 0 Å². The first kappa shape index (κ1) is 17.9. The molecule has 3 aliphatic rings. The smallest absolute Gasteiger partial charge is 0.0806 e. The number of anilines is 2. The Balaban J connectivity index is 1.67. The fourth-order valence-corrected chi connectivity index (χ4v) is 7.46. The van der Waals surface area contributed by atoms with E-state index in [2.05, 4.69) is 69.1 Å². The molecule has 0 aromatic heterocycles. The maximum atomic E-state index is 5.53. The van der Waals surface area contributed by atoms with Gasteiger partial charge in [-0.05, 0) is 76.9 Å². The third kappa shape index (κ3) is 3.09. The van der Waals surface area contributed by atoms with E-state index in [-0.39, 0.29) is 7.66 Å². The van der Waals surface area contributed by atoms with Crippen LogP contribution in [0.25, 0.3) is 0 Å². The maximum Gasteiger partial charge on any atom is 0.0806 e. The molecule has 0 aliphatic carbocycles. The summed E-state index contributed by atoms with van der Waals surface area (Å²) in [6.07, 6.45) is 1.31. The van der Waals surface area contributed by atoms with Gasteiger partial charge in [-0.25, -0.2) is 4.99 Å². The molecule has 2 saturated heterocycles. The molecule has 3 aliphatic heterocycles. The predicted molar refractivity (Wildman–Crippen MR) is 122 cm³/mol. The molecule has 142 valence electrons. The van der Waals surface area contributed by atoms with E-state index in [0.717, 1.165) is 26.3 Å². The molecular weight excluding hydrogens is 469 g/mol. The molecule has 5 rings (SSSR count). The molecule has 27 heavy (non-hydrogen) atoms. The first-order valence-electron chi connectivity index (χ1n) is 9.61. The Morgan fingerprint density at radius 2 is 1.59 bits per heavy atom. The van der Waals surface area contributed by atoms with Crippen molar-refractivity contribution < 1.29 is 4.74 Å². The number of fused-ring (bicyclic) bond motifs is 2. The van der Waals surface area contributed by atoms with Crippen LogP contribution in [0.3, 0.4) is 0 Å². The zero-order valence-electron chi connectivity index (χ0n) is 15.8. The van der Waals surface area contributed by atoms with Crippen molar-refractivity contribution in [2.45, 2.75) is 25.2 Å². The molecule has 1 unspecified atom stereocenters. The SMILES string of the molecule is Cc1cc(N2CCOCC2)cc2c1N=c1c(C)cc(N3CCC3)cc1=S2I. The van der Waals surface area contributed by atoms with Crippen LogP contribution in [-0.4, -0.2) is 39.4 Å². The first-order valence-corrected chi connectivity index (χ1v) is 13.4. The summed E-state index contributed by atoms with van der Waals surface area (Å²) in [5, 5.41) is 1.19. The van der Waals surface area contributed by atoms with Gasteiger partial charge in [-0.3, -0.25) is 0 Å². The molecule has 0 bridgehead atoms. The third-order valence-corrected chi connectivity index (χ3v) is 9.95. The lowest BCUT2D eigenvalue weighted by Gasteiger charge is -2.33. The van der Waals surface area contributed by atoms with E-state index in [4.69, 9.17) is 9.73 Å². The van der Waals surface area contributed by atoms with Gasteiger partial charge in [0.1, 0.15) is 0 Å². The van der Waals surface area contributed by atoms with Crippen molar-refractivity contribution in [3.8, 4) is 0 Å². The Morgan fingerprint density at radius 1 is 0.926 bits per heavy atom. The van der Waals surface area contributed by atoms with Gasteiger partial charge in [0.2, 0.25) is 0 Å². The third-order valence-electron chi connectivity index (χ3n) is 5.71. The largest absolute Gasteiger partial charge is 0.378 e. The monoisotopic (exact) mass is 493 g/mol. The lowest BCUT2D eigenvalue weighted by Crippen LogP contribution is -2.37. The van der Waals surface area contributed by atoms with Gasteiger partial charge in [0.15, 0.2) is 0 Å². The molecule has 0 amide bonds. The van der Waals surface area contributed by atoms with Crippen LogP contribution in [0.2, 0.25) is 0 Å². The van der Waals surface area contributed by atoms with E-state index in [1.807, 2.05) is 0 Å². The van der Waals surface area contributed by atoms with E-state index >= 15 is 0 Å². The average molecular weight is 493 g/mol. The van der Waals surface area contributed by atoms with E-state index in [1.54, 1.807) is 0 Å². The van der Waals surface area contributed by atoms with Crippen molar-refractivity contribution in [3.05, 3.63) is 45.3 Å². The Morgan fingerprint density at radius 3 is 2.30 bits per heavy atom. The molecule has 2 aromatic rings. The van der Waals surface area contributed by atoms with Gasteiger partial charge in [0, 0.05) is 47.0 Å². The van der Waals surface area contributed by atoms with Gasteiger partial charge >= 0.3 is 0 Å². The number of ether oxygens (including phenoxy) is 1. The number of halogens is 1. The zero-order valence-corrected chi connectivity index (χ0v) is 18.8. The van der Waals surface area contributed by atoms with Crippen LogP contribution >= 0.6 is 28.9 Å². The minimum atomic E-state index is 0.0116. The number of nitrogens with zero attached hydrogens (tertiary/aromatic N) is 3. The summed E-state index contributed by atoms with van der Waals surface area (Å²) in [5.74, 6) is 0. The minimum absolute atomic E-state index is 0.0116. The standard InChI is InChI=1S/C21H24IN3OS/c1-14-10-16(24-4-3-5-24)12-18-20(14)23-21-15(2)11-17(13-19(21)27(18)22)25-6-8-26-9-7-25/h10-13H,3-9H2,1-2H3. The fourth-order valence-electron chi connectivity index (χ4n) is 4.01. The van der Waals surface area contributed by atoms with Crippen molar-refractivity contribution in [1.29, 1.82) is 0 Å². The van der Waals surface area contributed by atoms with Crippen molar-refractivity contribution in [1.82, 2.24) is 0 Å². The summed E-state index contributed by atoms with van der Waals surface area (Å²) >= 11 is 2.64. The van der Waals surface area contributed by atoms with E-state index < -0.39 is 0 Å². The first-order chi connectivity index (χ1) is 13.1. The van der Waals surface area contributed by atoms with Gasteiger partial charge in [0.05, 0.1) is 24.3 Å². The van der Waals surface area contributed by atoms with Crippen LogP contribution in [0.1, 0.15) is 17.5 Å². The Hall–Kier alpha value is -1.12. The van der Waals surface area contributed by atoms with Crippen molar-refractivity contribution in [2.75, 3.05) is 49.2 Å². The normalized spacial score (nSPS) is 21.2. The minimum Gasteiger partial charge on any atom is -0.378 e. The van der Waals surface area contributed by atoms with Crippen LogP contribution in [-0.2, 0) is 4.74 Å². The fraction of sp³-hybridized carbons (Fsp3) is 0.429. The average Bonchev–Trinajstić information content (AvgIpc) is 2.63. The number of hydrogen-bond acceptors (Lipinski definition) is 4. The highest BCUT2D eigenvalue weighted by atomic mass is 127. The molecule has 3 heterocycles. The van der Waals surface area contributed by atoms with Gasteiger partial charge < -0.3 is 14.5 Å². The van der Waals surface area contributed by atoms with Gasteiger partial charge in [-0.2, -0.15) is 0 Å². The maximum absolute atomic E-state index is 5.53. The molecule has 0 spiro atoms. The van der Waals surface area contributed by atoms with Crippen LogP contribution in [0, 0.1) is 18.4 Å². The lowest BCUT2D eigenvalue weighted by atomic mass is 10.1. The van der Waals surface area contributed by atoms with Gasteiger partial charge in [-0.15, -0.1) is 0 Å². The number of hydrogen-bond donors (Lipinski definition) is 0. The molecule has 2 fully saturated rings. The molecule has 6 heteroatoms. The molecule has 2 aromatic carbocycles. The number of aryl methyl sites for hydroxylation is 2. The lowest BCUT2D eigenvalue weighted by molar-refractivity contribution is 0.122. The van der Waals surface area contributed by atoms with Crippen LogP contribution in [0.4, 0.5) is 17.1 Å². The zero-order chi connectivity index (χ0) is 18.5. The van der Waals surface area contributed by atoms with E-state index in [9.17, 15) is 0 Å². The topological polar surface area (TPSA) is 28.1 Å². The molecule has 1 atom stereocenters. The summed E-state index contributed by atoms with van der Waals surface area (Å²) in [5.41, 5.74) is 6.44. The molecule has 0 radical (unpaired) electrons. The number of benzene rings is 2. The van der Waals surface area contributed by atoms with Crippen molar-refractivity contribution >= 4 is 45.9 Å². The molecule has 0 saturated carbocycles. The molecular formula is C21H24IN3OS. The highest BCUT2D eigenvalue weighted by molar-refractivity contribution is 14.2. The summed E-state index contributed by atoms with van der Waals surface area (Å²) in [7, 11) is 0.0116. The summed E-state index contributed by atoms with van der Waals surface area (Å²) in [6, 6.07) is 9.38. The second-order valence-electron chi connectivity index (χ2n) is 7.53. The highest BCUT2D eigenvalue weighted by Gasteiger charge is 2.21. The predicted octanol–water partition coefficient (Wildman–Crippen LogP) is 4.54.